The van der Waals surface area contributed by atoms with Crippen LogP contribution in [0.25, 0.3) is 0 Å². The molecule has 0 fully saturated rings. The summed E-state index contributed by atoms with van der Waals surface area (Å²) in [5.41, 5.74) is 0. The summed E-state index contributed by atoms with van der Waals surface area (Å²) in [5.74, 6) is -0.875. The molecule has 1 unspecified atom stereocenters. The van der Waals surface area contributed by atoms with E-state index in [9.17, 15) is 14.4 Å². The van der Waals surface area contributed by atoms with Crippen molar-refractivity contribution in [2.24, 2.45) is 0 Å². The lowest BCUT2D eigenvalue weighted by molar-refractivity contribution is -0.167. The van der Waals surface area contributed by atoms with Crippen LogP contribution >= 0.6 is 0 Å². The molecular weight excluding hydrogens is 973 g/mol. The van der Waals surface area contributed by atoms with Crippen LogP contribution in [0.4, 0.5) is 0 Å². The fourth-order valence-corrected chi connectivity index (χ4v) is 9.84. The van der Waals surface area contributed by atoms with Gasteiger partial charge in [0.15, 0.2) is 6.10 Å². The molecule has 1 atom stereocenters. The van der Waals surface area contributed by atoms with Crippen molar-refractivity contribution in [3.63, 3.8) is 0 Å². The molecule has 0 radical (unpaired) electrons. The van der Waals surface area contributed by atoms with Crippen LogP contribution in [-0.4, -0.2) is 37.2 Å². The highest BCUT2D eigenvalue weighted by atomic mass is 16.6. The number of hydrogen-bond donors (Lipinski definition) is 0. The van der Waals surface area contributed by atoms with Crippen molar-refractivity contribution in [2.75, 3.05) is 13.2 Å². The van der Waals surface area contributed by atoms with Gasteiger partial charge in [-0.25, -0.2) is 0 Å². The molecule has 0 rings (SSSR count). The average Bonchev–Trinajstić information content (AvgIpc) is 3.45. The van der Waals surface area contributed by atoms with Crippen LogP contribution in [0, 0.1) is 0 Å². The van der Waals surface area contributed by atoms with E-state index in [1.54, 1.807) is 0 Å². The van der Waals surface area contributed by atoms with Gasteiger partial charge in [-0.2, -0.15) is 0 Å². The van der Waals surface area contributed by atoms with E-state index < -0.39 is 6.10 Å². The molecule has 0 saturated heterocycles. The van der Waals surface area contributed by atoms with Crippen LogP contribution in [0.15, 0.2) is 85.1 Å². The highest BCUT2D eigenvalue weighted by Gasteiger charge is 2.19. The van der Waals surface area contributed by atoms with Crippen LogP contribution in [-0.2, 0) is 28.6 Å². The lowest BCUT2D eigenvalue weighted by atomic mass is 10.0. The molecule has 0 aromatic rings. The number of esters is 3. The highest BCUT2D eigenvalue weighted by molar-refractivity contribution is 5.71. The molecule has 6 heteroatoms. The van der Waals surface area contributed by atoms with Gasteiger partial charge in [0, 0.05) is 19.3 Å². The third kappa shape index (κ3) is 65.3. The Hall–Kier alpha value is -3.41. The number of carbonyl (C=O) groups excluding carboxylic acids is 3. The predicted octanol–water partition coefficient (Wildman–Crippen LogP) is 23.4. The first-order valence-electron chi connectivity index (χ1n) is 34.1. The zero-order valence-corrected chi connectivity index (χ0v) is 52.4. The van der Waals surface area contributed by atoms with Crippen molar-refractivity contribution in [2.45, 2.75) is 348 Å². The quantitative estimate of drug-likeness (QED) is 0.0261. The summed E-state index contributed by atoms with van der Waals surface area (Å²) in [5, 5.41) is 0. The van der Waals surface area contributed by atoms with Gasteiger partial charge in [0.2, 0.25) is 0 Å². The molecule has 0 aliphatic carbocycles. The topological polar surface area (TPSA) is 78.9 Å². The van der Waals surface area contributed by atoms with Gasteiger partial charge in [0.25, 0.3) is 0 Å². The second kappa shape index (κ2) is 67.1. The smallest absolute Gasteiger partial charge is 0.306 e. The molecule has 0 bridgehead atoms. The Kier molecular flexibility index (Phi) is 64.2. The van der Waals surface area contributed by atoms with Crippen molar-refractivity contribution < 1.29 is 28.6 Å². The number of unbranched alkanes of at least 4 members (excludes halogenated alkanes) is 37. The summed E-state index contributed by atoms with van der Waals surface area (Å²) in [6.45, 7) is 6.53. The minimum Gasteiger partial charge on any atom is -0.462 e. The molecule has 456 valence electrons. The van der Waals surface area contributed by atoms with Crippen LogP contribution < -0.4 is 0 Å². The first-order valence-corrected chi connectivity index (χ1v) is 34.1. The van der Waals surface area contributed by atoms with E-state index in [0.717, 1.165) is 109 Å². The van der Waals surface area contributed by atoms with Crippen molar-refractivity contribution in [3.8, 4) is 0 Å². The highest BCUT2D eigenvalue weighted by Crippen LogP contribution is 2.18. The summed E-state index contributed by atoms with van der Waals surface area (Å²) in [6.07, 6.45) is 89.1. The maximum Gasteiger partial charge on any atom is 0.306 e. The summed E-state index contributed by atoms with van der Waals surface area (Å²) in [7, 11) is 0. The number of rotatable bonds is 62. The Bertz CT molecular complexity index is 1500. The molecular formula is C73H128O6. The molecule has 0 amide bonds. The van der Waals surface area contributed by atoms with Gasteiger partial charge >= 0.3 is 17.9 Å². The minimum atomic E-state index is -0.778. The van der Waals surface area contributed by atoms with E-state index in [1.165, 1.54) is 193 Å². The van der Waals surface area contributed by atoms with Crippen molar-refractivity contribution in [1.82, 2.24) is 0 Å². The summed E-state index contributed by atoms with van der Waals surface area (Å²) >= 11 is 0. The molecule has 0 aliphatic heterocycles. The van der Waals surface area contributed by atoms with Gasteiger partial charge in [-0.3, -0.25) is 14.4 Å². The maximum absolute atomic E-state index is 12.9. The second-order valence-corrected chi connectivity index (χ2v) is 22.7. The van der Waals surface area contributed by atoms with E-state index >= 15 is 0 Å². The third-order valence-corrected chi connectivity index (χ3v) is 14.9. The molecule has 0 heterocycles. The number of hydrogen-bond acceptors (Lipinski definition) is 6. The zero-order valence-electron chi connectivity index (χ0n) is 52.4. The number of ether oxygens (including phenoxy) is 3. The third-order valence-electron chi connectivity index (χ3n) is 14.9. The molecule has 79 heavy (non-hydrogen) atoms. The predicted molar refractivity (Wildman–Crippen MR) is 344 cm³/mol. The van der Waals surface area contributed by atoms with E-state index in [-0.39, 0.29) is 31.1 Å². The number of allylic oxidation sites excluding steroid dienone is 14. The summed E-state index contributed by atoms with van der Waals surface area (Å²) < 4.78 is 16.9. The molecule has 0 N–H and O–H groups in total. The standard InChI is InChI=1S/C73H128O6/c1-4-7-10-13-16-19-21-23-25-27-29-31-33-35-36-37-38-39-41-42-44-46-48-50-52-54-57-60-63-66-72(75)78-69-70(68-77-71(74)65-62-59-56-18-15-12-9-6-3)79-73(76)67-64-61-58-55-53-51-49-47-45-43-40-34-32-30-28-26-24-22-20-17-14-11-8-5-2/h7,10,16,19,23,25,29,31,35-36,38-39,42,44,70H,4-6,8-9,11-15,17-18,20-22,24,26-28,30,32-34,37,40-41,43,45-69H2,1-3H3/b10-7-,19-16-,25-23-,31-29-,36-35-,39-38-,44-42-. The van der Waals surface area contributed by atoms with Gasteiger partial charge in [-0.05, 0) is 77.0 Å². The van der Waals surface area contributed by atoms with Crippen LogP contribution in [0.1, 0.15) is 342 Å². The molecule has 0 spiro atoms. The van der Waals surface area contributed by atoms with Gasteiger partial charge in [0.1, 0.15) is 13.2 Å². The fraction of sp³-hybridized carbons (Fsp3) is 0.767. The van der Waals surface area contributed by atoms with E-state index in [2.05, 4.69) is 106 Å². The van der Waals surface area contributed by atoms with Gasteiger partial charge in [0.05, 0.1) is 0 Å². The molecule has 6 nitrogen and oxygen atoms in total. The van der Waals surface area contributed by atoms with E-state index in [0.29, 0.717) is 19.3 Å². The first kappa shape index (κ1) is 75.6. The minimum absolute atomic E-state index is 0.0758. The molecule has 0 saturated carbocycles. The molecule has 0 aromatic carbocycles. The Morgan fingerprint density at radius 1 is 0.266 bits per heavy atom. The Morgan fingerprint density at radius 3 is 0.772 bits per heavy atom. The van der Waals surface area contributed by atoms with Crippen LogP contribution in [0.5, 0.6) is 0 Å². The molecule has 0 aliphatic rings. The number of carbonyl (C=O) groups is 3. The van der Waals surface area contributed by atoms with E-state index in [1.807, 2.05) is 0 Å². The summed E-state index contributed by atoms with van der Waals surface area (Å²) in [4.78, 5) is 38.2. The van der Waals surface area contributed by atoms with Crippen LogP contribution in [0.2, 0.25) is 0 Å². The van der Waals surface area contributed by atoms with Gasteiger partial charge < -0.3 is 14.2 Å². The maximum atomic E-state index is 12.9. The van der Waals surface area contributed by atoms with Gasteiger partial charge in [-0.15, -0.1) is 0 Å². The van der Waals surface area contributed by atoms with E-state index in [4.69, 9.17) is 14.2 Å². The normalized spacial score (nSPS) is 12.6. The fourth-order valence-electron chi connectivity index (χ4n) is 9.84. The first-order chi connectivity index (χ1) is 39.0. The molecule has 0 aromatic heterocycles. The zero-order chi connectivity index (χ0) is 57.1. The van der Waals surface area contributed by atoms with Crippen molar-refractivity contribution >= 4 is 17.9 Å². The lowest BCUT2D eigenvalue weighted by Crippen LogP contribution is -2.30. The SMILES string of the molecule is CC/C=C\C/C=C\C/C=C\C/C=C\C/C=C\C/C=C\C/C=C\CCCCCCCCCC(=O)OCC(COC(=O)CCCCCCCCCC)OC(=O)CCCCCCCCCCCCCCCCCCCCCCCCCC. The monoisotopic (exact) mass is 1100 g/mol. The Morgan fingerprint density at radius 2 is 0.494 bits per heavy atom. The Balaban J connectivity index is 4.16. The summed E-state index contributed by atoms with van der Waals surface area (Å²) in [6, 6.07) is 0. The van der Waals surface area contributed by atoms with Crippen LogP contribution in [0.3, 0.4) is 0 Å². The van der Waals surface area contributed by atoms with Crippen molar-refractivity contribution in [1.29, 1.82) is 0 Å². The largest absolute Gasteiger partial charge is 0.462 e. The second-order valence-electron chi connectivity index (χ2n) is 22.7. The lowest BCUT2D eigenvalue weighted by Gasteiger charge is -2.18. The Labute approximate surface area is 490 Å². The average molecular weight is 1100 g/mol. The van der Waals surface area contributed by atoms with Crippen molar-refractivity contribution in [3.05, 3.63) is 85.1 Å². The van der Waals surface area contributed by atoms with Gasteiger partial charge in [-0.1, -0.05) is 331 Å².